The largest absolute Gasteiger partial charge is 0.673 e. The maximum Gasteiger partial charge on any atom is 0.673 e. The molecule has 1 N–H and O–H groups in total. The Labute approximate surface area is 214 Å². The highest BCUT2D eigenvalue weighted by atomic mass is 19.5. The zero-order valence-electron chi connectivity index (χ0n) is 19.8. The summed E-state index contributed by atoms with van der Waals surface area (Å²) in [7, 11) is -6.00. The fourth-order valence-corrected chi connectivity index (χ4v) is 3.57. The Morgan fingerprint density at radius 3 is 1.00 bits per heavy atom. The van der Waals surface area contributed by atoms with E-state index >= 15 is 0 Å². The number of aromatic nitrogens is 6. The van der Waals surface area contributed by atoms with Gasteiger partial charge in [-0.25, -0.2) is 4.98 Å². The van der Waals surface area contributed by atoms with Gasteiger partial charge >= 0.3 is 7.25 Å². The first-order valence-corrected chi connectivity index (χ1v) is 11.4. The summed E-state index contributed by atoms with van der Waals surface area (Å²) in [6.45, 7) is 0. The first kappa shape index (κ1) is 26.1. The van der Waals surface area contributed by atoms with Gasteiger partial charge in [0, 0.05) is 58.7 Å². The van der Waals surface area contributed by atoms with E-state index in [1.54, 1.807) is 43.5 Å². The first-order chi connectivity index (χ1) is 18.4. The van der Waals surface area contributed by atoms with Crippen LogP contribution >= 0.6 is 0 Å². The highest BCUT2D eigenvalue weighted by Crippen LogP contribution is 2.21. The Bertz CT molecular complexity index is 1500. The molecule has 0 radical (unpaired) electrons. The van der Waals surface area contributed by atoms with E-state index in [4.69, 9.17) is 0 Å². The number of pyridine rings is 4. The first-order valence-electron chi connectivity index (χ1n) is 11.4. The number of fused-ring (bicyclic) bond motifs is 6. The standard InChI is InChI=1S/2C12H8N2.C3H4N2.BF4/c2*1-3-9-5-6-10-4-2-8-14-12(10)11(9)13-7-1;1-2-5-3-4-1;2-1(3,4)5/h2*1-8H;1-3H,(H,4,5);/q;;;-1. The van der Waals surface area contributed by atoms with E-state index in [9.17, 15) is 17.3 Å². The molecule has 5 heterocycles. The molecule has 11 heteroatoms. The molecule has 7 rings (SSSR count). The van der Waals surface area contributed by atoms with Crippen LogP contribution in [0.4, 0.5) is 17.3 Å². The van der Waals surface area contributed by atoms with E-state index in [0.717, 1.165) is 43.6 Å². The minimum absolute atomic E-state index is 0.977. The number of benzene rings is 2. The van der Waals surface area contributed by atoms with Crippen molar-refractivity contribution in [3.63, 3.8) is 0 Å². The summed E-state index contributed by atoms with van der Waals surface area (Å²) < 4.78 is 39.0. The van der Waals surface area contributed by atoms with Crippen molar-refractivity contribution >= 4 is 50.9 Å². The number of H-pyrrole nitrogens is 1. The molecule has 0 bridgehead atoms. The molecular weight excluding hydrogens is 495 g/mol. The quantitative estimate of drug-likeness (QED) is 0.131. The van der Waals surface area contributed by atoms with Crippen LogP contribution < -0.4 is 0 Å². The number of rotatable bonds is 0. The third-order valence-electron chi connectivity index (χ3n) is 5.10. The molecule has 7 aromatic rings. The molecule has 0 aliphatic carbocycles. The maximum absolute atomic E-state index is 9.75. The molecule has 0 unspecified atom stereocenters. The Morgan fingerprint density at radius 2 is 0.789 bits per heavy atom. The van der Waals surface area contributed by atoms with Crippen LogP contribution in [0.3, 0.4) is 0 Å². The van der Waals surface area contributed by atoms with Crippen LogP contribution in [0.15, 0.2) is 116 Å². The molecule has 2 aromatic carbocycles. The molecule has 0 spiro atoms. The predicted molar refractivity (Wildman–Crippen MR) is 143 cm³/mol. The van der Waals surface area contributed by atoms with Crippen LogP contribution in [0.25, 0.3) is 43.6 Å². The van der Waals surface area contributed by atoms with E-state index in [0.29, 0.717) is 0 Å². The lowest BCUT2D eigenvalue weighted by molar-refractivity contribution is 0.368. The van der Waals surface area contributed by atoms with Crippen molar-refractivity contribution in [2.45, 2.75) is 0 Å². The van der Waals surface area contributed by atoms with Gasteiger partial charge in [0.15, 0.2) is 0 Å². The SMILES string of the molecule is F[B-](F)(F)F.c1c[nH]cn1.c1cnc2c(c1)ccc1cccnc12.c1cnc2c(c1)ccc1cccnc12. The third-order valence-corrected chi connectivity index (χ3v) is 5.10. The summed E-state index contributed by atoms with van der Waals surface area (Å²) in [5, 5.41) is 4.55. The van der Waals surface area contributed by atoms with Crippen LogP contribution in [0, 0.1) is 0 Å². The van der Waals surface area contributed by atoms with Crippen LogP contribution in [-0.2, 0) is 0 Å². The van der Waals surface area contributed by atoms with Crippen LogP contribution in [0.1, 0.15) is 0 Å². The summed E-state index contributed by atoms with van der Waals surface area (Å²) in [6.07, 6.45) is 12.3. The second-order valence-corrected chi connectivity index (χ2v) is 7.69. The molecule has 5 aromatic heterocycles. The summed E-state index contributed by atoms with van der Waals surface area (Å²) >= 11 is 0. The molecule has 38 heavy (non-hydrogen) atoms. The lowest BCUT2D eigenvalue weighted by Gasteiger charge is -2.00. The van der Waals surface area contributed by atoms with E-state index in [2.05, 4.69) is 78.4 Å². The highest BCUT2D eigenvalue weighted by Gasteiger charge is 2.20. The van der Waals surface area contributed by atoms with Crippen LogP contribution in [-0.4, -0.2) is 37.2 Å². The van der Waals surface area contributed by atoms with Gasteiger partial charge in [-0.1, -0.05) is 48.5 Å². The number of halogens is 4. The van der Waals surface area contributed by atoms with Gasteiger partial charge in [-0.15, -0.1) is 0 Å². The van der Waals surface area contributed by atoms with Crippen LogP contribution in [0.2, 0.25) is 0 Å². The summed E-state index contributed by atoms with van der Waals surface area (Å²) in [5.74, 6) is 0. The number of hydrogen-bond donors (Lipinski definition) is 1. The van der Waals surface area contributed by atoms with E-state index in [1.165, 1.54) is 0 Å². The van der Waals surface area contributed by atoms with E-state index < -0.39 is 7.25 Å². The van der Waals surface area contributed by atoms with E-state index in [1.807, 2.05) is 24.3 Å². The number of imidazole rings is 1. The predicted octanol–water partition coefficient (Wildman–Crippen LogP) is 7.28. The average molecular weight is 515 g/mol. The highest BCUT2D eigenvalue weighted by molar-refractivity contribution is 6.50. The molecule has 0 saturated heterocycles. The summed E-state index contributed by atoms with van der Waals surface area (Å²) in [5.41, 5.74) is 3.91. The molecule has 0 aliphatic heterocycles. The lowest BCUT2D eigenvalue weighted by Crippen LogP contribution is -2.02. The number of aromatic amines is 1. The molecule has 0 aliphatic rings. The third kappa shape index (κ3) is 7.29. The fourth-order valence-electron chi connectivity index (χ4n) is 3.57. The number of hydrogen-bond acceptors (Lipinski definition) is 5. The number of nitrogens with zero attached hydrogens (tertiary/aromatic N) is 5. The van der Waals surface area contributed by atoms with Crippen molar-refractivity contribution in [2.24, 2.45) is 0 Å². The number of nitrogens with one attached hydrogen (secondary N) is 1. The molecule has 0 saturated carbocycles. The molecule has 0 atom stereocenters. The van der Waals surface area contributed by atoms with Gasteiger partial charge in [-0.05, 0) is 24.3 Å². The molecule has 0 amide bonds. The monoisotopic (exact) mass is 515 g/mol. The zero-order chi connectivity index (χ0) is 26.8. The van der Waals surface area contributed by atoms with Crippen LogP contribution in [0.5, 0.6) is 0 Å². The van der Waals surface area contributed by atoms with Gasteiger partial charge in [0.05, 0.1) is 28.4 Å². The minimum atomic E-state index is -6.00. The van der Waals surface area contributed by atoms with Crippen molar-refractivity contribution in [3.8, 4) is 0 Å². The Balaban J connectivity index is 0.000000132. The maximum atomic E-state index is 9.75. The van der Waals surface area contributed by atoms with Crippen molar-refractivity contribution in [2.75, 3.05) is 0 Å². The Kier molecular flexibility index (Phi) is 8.50. The topological polar surface area (TPSA) is 80.2 Å². The summed E-state index contributed by atoms with van der Waals surface area (Å²) in [4.78, 5) is 23.8. The molecule has 0 fully saturated rings. The minimum Gasteiger partial charge on any atom is -0.418 e. The lowest BCUT2D eigenvalue weighted by atomic mass is 10.1. The molecule has 190 valence electrons. The second-order valence-electron chi connectivity index (χ2n) is 7.69. The Hall–Kier alpha value is -4.93. The van der Waals surface area contributed by atoms with Crippen molar-refractivity contribution in [1.82, 2.24) is 29.9 Å². The van der Waals surface area contributed by atoms with Crippen molar-refractivity contribution in [3.05, 3.63) is 116 Å². The fraction of sp³-hybridized carbons (Fsp3) is 0. The van der Waals surface area contributed by atoms with Gasteiger partial charge in [0.25, 0.3) is 0 Å². The molecular formula is C27H20BF4N6-. The molecule has 6 nitrogen and oxygen atoms in total. The van der Waals surface area contributed by atoms with E-state index in [-0.39, 0.29) is 0 Å². The van der Waals surface area contributed by atoms with Gasteiger partial charge in [0.1, 0.15) is 0 Å². The van der Waals surface area contributed by atoms with Gasteiger partial charge in [-0.2, -0.15) is 0 Å². The summed E-state index contributed by atoms with van der Waals surface area (Å²) in [6, 6.07) is 24.3. The van der Waals surface area contributed by atoms with Gasteiger partial charge in [-0.3, -0.25) is 19.9 Å². The van der Waals surface area contributed by atoms with Gasteiger partial charge in [0.2, 0.25) is 0 Å². The average Bonchev–Trinajstić information content (AvgIpc) is 3.53. The van der Waals surface area contributed by atoms with Crippen molar-refractivity contribution < 1.29 is 17.3 Å². The van der Waals surface area contributed by atoms with Crippen molar-refractivity contribution in [1.29, 1.82) is 0 Å². The Morgan fingerprint density at radius 1 is 0.474 bits per heavy atom. The second kappa shape index (κ2) is 12.4. The normalized spacial score (nSPS) is 10.6. The zero-order valence-corrected chi connectivity index (χ0v) is 19.8. The smallest absolute Gasteiger partial charge is 0.418 e. The van der Waals surface area contributed by atoms with Gasteiger partial charge < -0.3 is 22.2 Å².